The monoisotopic (exact) mass is 341 g/mol. The Morgan fingerprint density at radius 2 is 2.09 bits per heavy atom. The molecule has 0 fully saturated rings. The van der Waals surface area contributed by atoms with Gasteiger partial charge in [-0.15, -0.1) is 12.4 Å². The highest BCUT2D eigenvalue weighted by atomic mass is 35.5. The fourth-order valence-electron chi connectivity index (χ4n) is 3.06. The molecule has 0 radical (unpaired) electrons. The molecular weight excluding hydrogens is 314 g/mol. The van der Waals surface area contributed by atoms with Crippen LogP contribution in [0.3, 0.4) is 0 Å². The highest BCUT2D eigenvalue weighted by molar-refractivity contribution is 5.99. The normalized spacial score (nSPS) is 22.4. The first-order valence-corrected chi connectivity index (χ1v) is 8.16. The maximum atomic E-state index is 12.9. The van der Waals surface area contributed by atoms with Crippen LogP contribution in [-0.2, 0) is 9.59 Å². The quantitative estimate of drug-likeness (QED) is 0.821. The number of halogens is 1. The third-order valence-corrected chi connectivity index (χ3v) is 4.20. The summed E-state index contributed by atoms with van der Waals surface area (Å²) >= 11 is 0. The number of rotatable bonds is 4. The van der Waals surface area contributed by atoms with Gasteiger partial charge in [-0.1, -0.05) is 26.0 Å². The number of carbonyl (C=O) groups is 2. The van der Waals surface area contributed by atoms with E-state index < -0.39 is 6.04 Å². The molecule has 3 N–H and O–H groups in total. The van der Waals surface area contributed by atoms with Crippen LogP contribution in [0.1, 0.15) is 40.0 Å². The number of hydrogen-bond acceptors (Lipinski definition) is 3. The number of carbonyl (C=O) groups excluding carboxylic acids is 2. The lowest BCUT2D eigenvalue weighted by atomic mass is 9.86. The Balaban J connectivity index is 0.00000264. The Hall–Kier alpha value is -1.33. The molecule has 0 bridgehead atoms. The Morgan fingerprint density at radius 1 is 1.39 bits per heavy atom. The lowest BCUT2D eigenvalue weighted by Gasteiger charge is -2.24. The number of nitrogens with one attached hydrogen (secondary N) is 1. The highest BCUT2D eigenvalue weighted by Crippen LogP contribution is 2.32. The Morgan fingerprint density at radius 3 is 2.70 bits per heavy atom. The molecule has 0 aromatic heterocycles. The third kappa shape index (κ3) is 4.82. The van der Waals surface area contributed by atoms with E-state index in [4.69, 9.17) is 5.73 Å². The molecule has 0 saturated carbocycles. The van der Waals surface area contributed by atoms with Gasteiger partial charge in [-0.25, -0.2) is 0 Å². The topological polar surface area (TPSA) is 75.4 Å². The summed E-state index contributed by atoms with van der Waals surface area (Å²) in [4.78, 5) is 26.7. The van der Waals surface area contributed by atoms with E-state index in [1.54, 1.807) is 6.92 Å². The van der Waals surface area contributed by atoms with Gasteiger partial charge >= 0.3 is 0 Å². The van der Waals surface area contributed by atoms with Crippen LogP contribution in [-0.4, -0.2) is 35.8 Å². The van der Waals surface area contributed by atoms with Crippen molar-refractivity contribution < 1.29 is 9.59 Å². The second-order valence-electron chi connectivity index (χ2n) is 6.72. The summed E-state index contributed by atoms with van der Waals surface area (Å²) in [5.74, 6) is 0.358. The van der Waals surface area contributed by atoms with Gasteiger partial charge in [0.05, 0.1) is 6.04 Å². The second kappa shape index (κ2) is 8.50. The van der Waals surface area contributed by atoms with Crippen LogP contribution in [0, 0.1) is 11.8 Å². The molecule has 2 atom stereocenters. The average molecular weight is 342 g/mol. The minimum absolute atomic E-state index is 0. The second-order valence-corrected chi connectivity index (χ2v) is 6.72. The van der Waals surface area contributed by atoms with E-state index in [9.17, 15) is 9.59 Å². The largest absolute Gasteiger partial charge is 0.337 e. The van der Waals surface area contributed by atoms with Crippen molar-refractivity contribution in [3.05, 3.63) is 23.4 Å². The molecule has 2 rings (SSSR count). The number of hydrogen-bond donors (Lipinski definition) is 2. The first kappa shape index (κ1) is 19.7. The summed E-state index contributed by atoms with van der Waals surface area (Å²) in [6.07, 6.45) is 7.10. The molecule has 23 heavy (non-hydrogen) atoms. The first-order valence-electron chi connectivity index (χ1n) is 8.16. The van der Waals surface area contributed by atoms with Gasteiger partial charge in [0.25, 0.3) is 5.91 Å². The van der Waals surface area contributed by atoms with Crippen molar-refractivity contribution in [1.29, 1.82) is 0 Å². The van der Waals surface area contributed by atoms with Crippen LogP contribution < -0.4 is 11.1 Å². The van der Waals surface area contributed by atoms with Crippen molar-refractivity contribution >= 4 is 24.2 Å². The Bertz CT molecular complexity index is 512. The van der Waals surface area contributed by atoms with Crippen LogP contribution >= 0.6 is 12.4 Å². The number of nitrogens with two attached hydrogens (primary N) is 1. The molecule has 2 aliphatic rings. The van der Waals surface area contributed by atoms with Gasteiger partial charge in [-0.3, -0.25) is 9.59 Å². The SMILES string of the molecule is CC(C)CN1CCC2CCC=CC2=C(NC(=O)[C@H](C)N)C1=O.Cl. The number of nitrogens with zero attached hydrogens (tertiary/aromatic N) is 1. The van der Waals surface area contributed by atoms with E-state index in [2.05, 4.69) is 25.2 Å². The molecule has 0 saturated heterocycles. The van der Waals surface area contributed by atoms with Gasteiger partial charge in [-0.05, 0) is 43.6 Å². The molecule has 0 aromatic carbocycles. The van der Waals surface area contributed by atoms with Crippen molar-refractivity contribution in [2.75, 3.05) is 13.1 Å². The van der Waals surface area contributed by atoms with E-state index in [1.807, 2.05) is 11.0 Å². The molecule has 2 amide bonds. The van der Waals surface area contributed by atoms with Gasteiger partial charge in [0, 0.05) is 13.1 Å². The van der Waals surface area contributed by atoms with Gasteiger partial charge in [-0.2, -0.15) is 0 Å². The minimum atomic E-state index is -0.631. The summed E-state index contributed by atoms with van der Waals surface area (Å²) in [6, 6.07) is -0.631. The molecular formula is C17H28ClN3O2. The smallest absolute Gasteiger partial charge is 0.270 e. The standard InChI is InChI=1S/C17H27N3O2.ClH/c1-11(2)10-20-9-8-13-6-4-5-7-14(13)15(17(20)22)19-16(21)12(3)18;/h5,7,11-13H,4,6,8-10,18H2,1-3H3,(H,19,21);1H/t12-,13?;/m0./s1. The third-order valence-electron chi connectivity index (χ3n) is 4.20. The number of fused-ring (bicyclic) bond motifs is 1. The highest BCUT2D eigenvalue weighted by Gasteiger charge is 2.31. The van der Waals surface area contributed by atoms with Gasteiger partial charge in [0.2, 0.25) is 5.91 Å². The molecule has 1 unspecified atom stereocenters. The average Bonchev–Trinajstić information content (AvgIpc) is 2.59. The zero-order chi connectivity index (χ0) is 16.3. The molecule has 0 spiro atoms. The van der Waals surface area contributed by atoms with Gasteiger partial charge in [0.15, 0.2) is 0 Å². The molecule has 5 nitrogen and oxygen atoms in total. The van der Waals surface area contributed by atoms with E-state index >= 15 is 0 Å². The van der Waals surface area contributed by atoms with E-state index in [0.717, 1.165) is 31.4 Å². The molecule has 1 aliphatic carbocycles. The van der Waals surface area contributed by atoms with Crippen molar-refractivity contribution in [3.63, 3.8) is 0 Å². The first-order chi connectivity index (χ1) is 10.4. The zero-order valence-electron chi connectivity index (χ0n) is 14.2. The molecule has 130 valence electrons. The predicted octanol–water partition coefficient (Wildman–Crippen LogP) is 1.98. The summed E-state index contributed by atoms with van der Waals surface area (Å²) in [7, 11) is 0. The Kier molecular flexibility index (Phi) is 7.29. The summed E-state index contributed by atoms with van der Waals surface area (Å²) in [6.45, 7) is 7.27. The van der Waals surface area contributed by atoms with Crippen LogP contribution in [0.25, 0.3) is 0 Å². The lowest BCUT2D eigenvalue weighted by molar-refractivity contribution is -0.130. The van der Waals surface area contributed by atoms with Crippen LogP contribution in [0.4, 0.5) is 0 Å². The van der Waals surface area contributed by atoms with Crippen LogP contribution in [0.5, 0.6) is 0 Å². The van der Waals surface area contributed by atoms with Crippen molar-refractivity contribution in [2.45, 2.75) is 46.1 Å². The maximum Gasteiger partial charge on any atom is 0.270 e. The van der Waals surface area contributed by atoms with Crippen molar-refractivity contribution in [1.82, 2.24) is 10.2 Å². The summed E-state index contributed by atoms with van der Waals surface area (Å²) in [5.41, 5.74) is 7.04. The maximum absolute atomic E-state index is 12.9. The molecule has 6 heteroatoms. The van der Waals surface area contributed by atoms with Crippen molar-refractivity contribution in [3.8, 4) is 0 Å². The molecule has 0 aromatic rings. The van der Waals surface area contributed by atoms with E-state index in [1.165, 1.54) is 0 Å². The summed E-state index contributed by atoms with van der Waals surface area (Å²) < 4.78 is 0. The zero-order valence-corrected chi connectivity index (χ0v) is 15.0. The van der Waals surface area contributed by atoms with Gasteiger partial charge < -0.3 is 16.0 Å². The summed E-state index contributed by atoms with van der Waals surface area (Å²) in [5, 5.41) is 2.78. The Labute approximate surface area is 144 Å². The van der Waals surface area contributed by atoms with Crippen LogP contribution in [0.2, 0.25) is 0 Å². The van der Waals surface area contributed by atoms with E-state index in [-0.39, 0.29) is 24.2 Å². The fraction of sp³-hybridized carbons (Fsp3) is 0.647. The van der Waals surface area contributed by atoms with Crippen molar-refractivity contribution in [2.24, 2.45) is 17.6 Å². The van der Waals surface area contributed by atoms with Crippen LogP contribution in [0.15, 0.2) is 23.4 Å². The molecule has 1 heterocycles. The number of allylic oxidation sites excluding steroid dienone is 3. The lowest BCUT2D eigenvalue weighted by Crippen LogP contribution is -2.44. The van der Waals surface area contributed by atoms with E-state index in [0.29, 0.717) is 24.1 Å². The minimum Gasteiger partial charge on any atom is -0.337 e. The number of amides is 2. The van der Waals surface area contributed by atoms with Gasteiger partial charge in [0.1, 0.15) is 5.70 Å². The predicted molar refractivity (Wildman–Crippen MR) is 94.0 cm³/mol. The fourth-order valence-corrected chi connectivity index (χ4v) is 3.06. The molecule has 1 aliphatic heterocycles.